The van der Waals surface area contributed by atoms with E-state index in [1.165, 1.54) is 6.92 Å². The maximum Gasteiger partial charge on any atom is 0.240 e. The smallest absolute Gasteiger partial charge is 0.240 e. The van der Waals surface area contributed by atoms with Gasteiger partial charge in [-0.05, 0) is 62.1 Å². The Kier molecular flexibility index (Phi) is 4.71. The van der Waals surface area contributed by atoms with Crippen molar-refractivity contribution >= 4 is 21.6 Å². The van der Waals surface area contributed by atoms with Gasteiger partial charge in [-0.25, -0.2) is 13.1 Å². The predicted molar refractivity (Wildman–Crippen MR) is 97.3 cm³/mol. The highest BCUT2D eigenvalue weighted by molar-refractivity contribution is 7.89. The molecule has 1 aromatic carbocycles. The molecular formula is C18H23N3O3S. The van der Waals surface area contributed by atoms with Gasteiger partial charge in [0, 0.05) is 37.1 Å². The van der Waals surface area contributed by atoms with Crippen molar-refractivity contribution < 1.29 is 13.2 Å². The Balaban J connectivity index is 1.70. The SMILES string of the molecule is CC(=O)N1CCc2cc(S(=O)(=O)NCCc3cc(C)[nH]c3C)ccc21. The summed E-state index contributed by atoms with van der Waals surface area (Å²) in [6, 6.07) is 6.99. The highest BCUT2D eigenvalue weighted by Gasteiger charge is 2.24. The number of rotatable bonds is 5. The van der Waals surface area contributed by atoms with E-state index in [9.17, 15) is 13.2 Å². The number of carbonyl (C=O) groups excluding carboxylic acids is 1. The minimum absolute atomic E-state index is 0.0235. The second kappa shape index (κ2) is 6.65. The lowest BCUT2D eigenvalue weighted by atomic mass is 10.2. The van der Waals surface area contributed by atoms with Gasteiger partial charge in [0.05, 0.1) is 4.90 Å². The molecule has 2 aromatic rings. The molecule has 0 atom stereocenters. The summed E-state index contributed by atoms with van der Waals surface area (Å²) in [6.07, 6.45) is 1.32. The number of sulfonamides is 1. The number of fused-ring (bicyclic) bond motifs is 1. The maximum absolute atomic E-state index is 12.5. The number of benzene rings is 1. The maximum atomic E-state index is 12.5. The molecule has 134 valence electrons. The van der Waals surface area contributed by atoms with Crippen LogP contribution in [0.2, 0.25) is 0 Å². The second-order valence-corrected chi connectivity index (χ2v) is 8.23. The van der Waals surface area contributed by atoms with Gasteiger partial charge in [-0.3, -0.25) is 4.79 Å². The van der Waals surface area contributed by atoms with Crippen LogP contribution in [-0.2, 0) is 27.7 Å². The molecular weight excluding hydrogens is 338 g/mol. The zero-order chi connectivity index (χ0) is 18.2. The van der Waals surface area contributed by atoms with Crippen molar-refractivity contribution in [3.63, 3.8) is 0 Å². The third kappa shape index (κ3) is 3.62. The Morgan fingerprint density at radius 3 is 2.68 bits per heavy atom. The van der Waals surface area contributed by atoms with Crippen LogP contribution < -0.4 is 9.62 Å². The third-order valence-electron chi connectivity index (χ3n) is 4.58. The first-order valence-electron chi connectivity index (χ1n) is 8.34. The standard InChI is InChI=1S/C18H23N3O3S/c1-12-10-15(13(2)20-12)6-8-19-25(23,24)17-4-5-18-16(11-17)7-9-21(18)14(3)22/h4-5,10-11,19-20H,6-9H2,1-3H3. The molecule has 2 heterocycles. The first kappa shape index (κ1) is 17.7. The highest BCUT2D eigenvalue weighted by Crippen LogP contribution is 2.30. The van der Waals surface area contributed by atoms with Gasteiger partial charge in [-0.15, -0.1) is 0 Å². The average Bonchev–Trinajstić information content (AvgIpc) is 3.09. The molecule has 0 saturated carbocycles. The number of hydrogen-bond acceptors (Lipinski definition) is 3. The largest absolute Gasteiger partial charge is 0.362 e. The average molecular weight is 361 g/mol. The Hall–Kier alpha value is -2.12. The van der Waals surface area contributed by atoms with E-state index >= 15 is 0 Å². The number of aromatic nitrogens is 1. The van der Waals surface area contributed by atoms with E-state index in [0.717, 1.165) is 28.2 Å². The van der Waals surface area contributed by atoms with Crippen LogP contribution >= 0.6 is 0 Å². The number of aromatic amines is 1. The monoisotopic (exact) mass is 361 g/mol. The fourth-order valence-electron chi connectivity index (χ4n) is 3.32. The van der Waals surface area contributed by atoms with Crippen molar-refractivity contribution in [3.05, 3.63) is 46.8 Å². The van der Waals surface area contributed by atoms with Crippen LogP contribution in [0.4, 0.5) is 5.69 Å². The van der Waals surface area contributed by atoms with Gasteiger partial charge < -0.3 is 9.88 Å². The van der Waals surface area contributed by atoms with Crippen LogP contribution in [0, 0.1) is 13.8 Å². The lowest BCUT2D eigenvalue weighted by molar-refractivity contribution is -0.116. The minimum Gasteiger partial charge on any atom is -0.362 e. The van der Waals surface area contributed by atoms with Crippen LogP contribution in [-0.4, -0.2) is 32.4 Å². The number of hydrogen-bond donors (Lipinski definition) is 2. The first-order chi connectivity index (χ1) is 11.8. The van der Waals surface area contributed by atoms with E-state index in [1.807, 2.05) is 19.9 Å². The molecule has 1 aromatic heterocycles. The summed E-state index contributed by atoms with van der Waals surface area (Å²) in [5.41, 5.74) is 4.97. The van der Waals surface area contributed by atoms with Gasteiger partial charge in [0.25, 0.3) is 0 Å². The topological polar surface area (TPSA) is 82.3 Å². The zero-order valence-electron chi connectivity index (χ0n) is 14.7. The van der Waals surface area contributed by atoms with Crippen LogP contribution in [0.25, 0.3) is 0 Å². The summed E-state index contributed by atoms with van der Waals surface area (Å²) in [6.45, 7) is 6.44. The number of H-pyrrole nitrogens is 1. The molecule has 0 bridgehead atoms. The molecule has 3 rings (SSSR count). The van der Waals surface area contributed by atoms with Crippen LogP contribution in [0.15, 0.2) is 29.2 Å². The second-order valence-electron chi connectivity index (χ2n) is 6.46. The Morgan fingerprint density at radius 2 is 2.04 bits per heavy atom. The van der Waals surface area contributed by atoms with Gasteiger partial charge in [0.2, 0.25) is 15.9 Å². The Bertz CT molecular complexity index is 916. The number of anilines is 1. The molecule has 0 aliphatic carbocycles. The molecule has 1 aliphatic heterocycles. The van der Waals surface area contributed by atoms with E-state index in [2.05, 4.69) is 9.71 Å². The lowest BCUT2D eigenvalue weighted by Gasteiger charge is -2.15. The molecule has 0 saturated heterocycles. The summed E-state index contributed by atoms with van der Waals surface area (Å²) >= 11 is 0. The highest BCUT2D eigenvalue weighted by atomic mass is 32.2. The van der Waals surface area contributed by atoms with Gasteiger partial charge in [0.1, 0.15) is 0 Å². The van der Waals surface area contributed by atoms with Gasteiger partial charge in [-0.2, -0.15) is 0 Å². The quantitative estimate of drug-likeness (QED) is 0.855. The molecule has 0 fully saturated rings. The zero-order valence-corrected chi connectivity index (χ0v) is 15.5. The van der Waals surface area contributed by atoms with Crippen molar-refractivity contribution in [1.29, 1.82) is 0 Å². The molecule has 0 unspecified atom stereocenters. The summed E-state index contributed by atoms with van der Waals surface area (Å²) in [7, 11) is -3.56. The van der Waals surface area contributed by atoms with E-state index in [-0.39, 0.29) is 10.8 Å². The van der Waals surface area contributed by atoms with E-state index in [4.69, 9.17) is 0 Å². The number of carbonyl (C=O) groups is 1. The number of aryl methyl sites for hydroxylation is 2. The molecule has 1 amide bonds. The van der Waals surface area contributed by atoms with E-state index in [1.54, 1.807) is 23.1 Å². The molecule has 0 radical (unpaired) electrons. The predicted octanol–water partition coefficient (Wildman–Crippen LogP) is 2.06. The third-order valence-corrected chi connectivity index (χ3v) is 6.04. The van der Waals surface area contributed by atoms with Crippen LogP contribution in [0.1, 0.15) is 29.4 Å². The molecule has 7 heteroatoms. The van der Waals surface area contributed by atoms with Gasteiger partial charge in [-0.1, -0.05) is 0 Å². The number of nitrogens with zero attached hydrogens (tertiary/aromatic N) is 1. The van der Waals surface area contributed by atoms with Gasteiger partial charge in [0.15, 0.2) is 0 Å². The Morgan fingerprint density at radius 1 is 1.28 bits per heavy atom. The van der Waals surface area contributed by atoms with Crippen molar-refractivity contribution in [2.24, 2.45) is 0 Å². The summed E-state index contributed by atoms with van der Waals surface area (Å²) < 4.78 is 27.7. The van der Waals surface area contributed by atoms with Crippen LogP contribution in [0.5, 0.6) is 0 Å². The molecule has 1 aliphatic rings. The summed E-state index contributed by atoms with van der Waals surface area (Å²) in [5.74, 6) is -0.0235. The molecule has 25 heavy (non-hydrogen) atoms. The summed E-state index contributed by atoms with van der Waals surface area (Å²) in [5, 5.41) is 0. The van der Waals surface area contributed by atoms with E-state index in [0.29, 0.717) is 25.9 Å². The molecule has 6 nitrogen and oxygen atoms in total. The Labute approximate surface area is 148 Å². The normalized spacial score (nSPS) is 14.0. The van der Waals surface area contributed by atoms with Crippen LogP contribution in [0.3, 0.4) is 0 Å². The molecule has 2 N–H and O–H groups in total. The van der Waals surface area contributed by atoms with E-state index < -0.39 is 10.0 Å². The first-order valence-corrected chi connectivity index (χ1v) is 9.82. The number of amides is 1. The summed E-state index contributed by atoms with van der Waals surface area (Å²) in [4.78, 5) is 16.7. The minimum atomic E-state index is -3.56. The number of nitrogens with one attached hydrogen (secondary N) is 2. The van der Waals surface area contributed by atoms with Crippen molar-refractivity contribution in [3.8, 4) is 0 Å². The fraction of sp³-hybridized carbons (Fsp3) is 0.389. The van der Waals surface area contributed by atoms with Crippen molar-refractivity contribution in [1.82, 2.24) is 9.71 Å². The van der Waals surface area contributed by atoms with Crippen molar-refractivity contribution in [2.45, 2.75) is 38.5 Å². The molecule has 0 spiro atoms. The lowest BCUT2D eigenvalue weighted by Crippen LogP contribution is -2.26. The fourth-order valence-corrected chi connectivity index (χ4v) is 4.40. The van der Waals surface area contributed by atoms with Gasteiger partial charge >= 0.3 is 0 Å². The van der Waals surface area contributed by atoms with Crippen molar-refractivity contribution in [2.75, 3.05) is 18.0 Å².